The summed E-state index contributed by atoms with van der Waals surface area (Å²) in [6.45, 7) is 0.453. The van der Waals surface area contributed by atoms with E-state index in [4.69, 9.17) is 21.1 Å². The molecule has 37 heavy (non-hydrogen) atoms. The summed E-state index contributed by atoms with van der Waals surface area (Å²) in [4.78, 5) is 51.3. The number of amides is 2. The van der Waals surface area contributed by atoms with Crippen molar-refractivity contribution in [3.63, 3.8) is 0 Å². The van der Waals surface area contributed by atoms with Gasteiger partial charge in [0.05, 0.1) is 31.1 Å². The highest BCUT2D eigenvalue weighted by Crippen LogP contribution is 2.39. The summed E-state index contributed by atoms with van der Waals surface area (Å²) in [5, 5.41) is 3.16. The summed E-state index contributed by atoms with van der Waals surface area (Å²) in [7, 11) is 2.44. The number of esters is 2. The van der Waals surface area contributed by atoms with Crippen molar-refractivity contribution < 1.29 is 28.7 Å². The fourth-order valence-electron chi connectivity index (χ4n) is 3.86. The molecule has 0 saturated carbocycles. The zero-order chi connectivity index (χ0) is 26.5. The first kappa shape index (κ1) is 26.2. The maximum atomic E-state index is 12.9. The third kappa shape index (κ3) is 6.12. The van der Waals surface area contributed by atoms with Crippen molar-refractivity contribution in [2.24, 2.45) is 0 Å². The van der Waals surface area contributed by atoms with Gasteiger partial charge in [0, 0.05) is 22.8 Å². The number of methoxy groups -OCH3 is 2. The van der Waals surface area contributed by atoms with Crippen LogP contribution in [0, 0.1) is 0 Å². The van der Waals surface area contributed by atoms with Crippen molar-refractivity contribution in [2.75, 3.05) is 25.3 Å². The van der Waals surface area contributed by atoms with Gasteiger partial charge >= 0.3 is 11.9 Å². The van der Waals surface area contributed by atoms with Crippen LogP contribution in [0.5, 0.6) is 0 Å². The molecule has 0 bridgehead atoms. The van der Waals surface area contributed by atoms with Crippen molar-refractivity contribution >= 4 is 52.8 Å². The summed E-state index contributed by atoms with van der Waals surface area (Å²) in [5.74, 6) is -1.33. The van der Waals surface area contributed by atoms with Crippen LogP contribution < -0.4 is 5.32 Å². The maximum Gasteiger partial charge on any atom is 0.337 e. The quantitative estimate of drug-likeness (QED) is 0.425. The van der Waals surface area contributed by atoms with Gasteiger partial charge in [0.15, 0.2) is 0 Å². The number of hydrogen-bond acceptors (Lipinski definition) is 7. The number of carbonyl (C=O) groups is 4. The van der Waals surface area contributed by atoms with E-state index in [1.807, 2.05) is 24.3 Å². The third-order valence-corrected chi connectivity index (χ3v) is 7.23. The van der Waals surface area contributed by atoms with E-state index >= 15 is 0 Å². The number of ether oxygens (including phenoxy) is 2. The number of nitrogens with one attached hydrogen (secondary N) is 1. The Kier molecular flexibility index (Phi) is 8.15. The Morgan fingerprint density at radius 1 is 0.919 bits per heavy atom. The topological polar surface area (TPSA) is 102 Å². The van der Waals surface area contributed by atoms with E-state index in [-0.39, 0.29) is 28.1 Å². The number of rotatable bonds is 7. The molecule has 4 rings (SSSR count). The molecule has 1 N–H and O–H groups in total. The number of hydrogen-bond donors (Lipinski definition) is 1. The second-order valence-electron chi connectivity index (χ2n) is 8.17. The molecule has 1 atom stereocenters. The lowest BCUT2D eigenvalue weighted by Crippen LogP contribution is -2.27. The number of carbonyl (C=O) groups excluding carboxylic acids is 4. The molecule has 0 unspecified atom stereocenters. The van der Waals surface area contributed by atoms with Gasteiger partial charge in [0.25, 0.3) is 5.91 Å². The SMILES string of the molecule is COC(=O)c1cc(NC(=O)c2ccc([C@H]3SCC(=O)N3Cc3ccc(Cl)cc3)cc2)cc(C(=O)OC)c1. The molecule has 1 saturated heterocycles. The molecule has 0 aliphatic carbocycles. The summed E-state index contributed by atoms with van der Waals surface area (Å²) in [6.07, 6.45) is 0. The average molecular weight is 539 g/mol. The molecule has 8 nitrogen and oxygen atoms in total. The summed E-state index contributed by atoms with van der Waals surface area (Å²) < 4.78 is 9.46. The van der Waals surface area contributed by atoms with Crippen molar-refractivity contribution in [1.82, 2.24) is 4.90 Å². The standard InChI is InChI=1S/C27H23ClN2O6S/c1-35-26(33)19-11-20(27(34)36-2)13-22(12-19)29-24(32)17-5-7-18(8-6-17)25-30(23(31)15-37-25)14-16-3-9-21(28)10-4-16/h3-13,25H,14-15H2,1-2H3,(H,29,32)/t25-/m1/s1. The monoisotopic (exact) mass is 538 g/mol. The largest absolute Gasteiger partial charge is 0.465 e. The van der Waals surface area contributed by atoms with Crippen LogP contribution in [-0.2, 0) is 20.8 Å². The normalized spacial score (nSPS) is 14.8. The molecule has 1 aliphatic heterocycles. The molecule has 1 aliphatic rings. The predicted octanol–water partition coefficient (Wildman–Crippen LogP) is 4.94. The lowest BCUT2D eigenvalue weighted by molar-refractivity contribution is -0.128. The number of anilines is 1. The van der Waals surface area contributed by atoms with Crippen LogP contribution in [0.25, 0.3) is 0 Å². The lowest BCUT2D eigenvalue weighted by Gasteiger charge is -2.24. The van der Waals surface area contributed by atoms with Crippen molar-refractivity contribution in [2.45, 2.75) is 11.9 Å². The van der Waals surface area contributed by atoms with Gasteiger partial charge in [0.2, 0.25) is 5.91 Å². The first-order valence-corrected chi connectivity index (χ1v) is 12.6. The zero-order valence-electron chi connectivity index (χ0n) is 20.0. The number of halogens is 1. The Bertz CT molecular complexity index is 1310. The first-order chi connectivity index (χ1) is 17.8. The Morgan fingerprint density at radius 2 is 1.51 bits per heavy atom. The van der Waals surface area contributed by atoms with Gasteiger partial charge in [-0.25, -0.2) is 9.59 Å². The fourth-order valence-corrected chi connectivity index (χ4v) is 5.18. The molecule has 10 heteroatoms. The minimum atomic E-state index is -0.655. The van der Waals surface area contributed by atoms with E-state index in [0.717, 1.165) is 11.1 Å². The fraction of sp³-hybridized carbons (Fsp3) is 0.185. The van der Waals surface area contributed by atoms with Crippen LogP contribution in [0.4, 0.5) is 5.69 Å². The number of thioether (sulfide) groups is 1. The Morgan fingerprint density at radius 3 is 2.08 bits per heavy atom. The first-order valence-electron chi connectivity index (χ1n) is 11.2. The number of nitrogens with zero attached hydrogens (tertiary/aromatic N) is 1. The van der Waals surface area contributed by atoms with Crippen LogP contribution in [0.15, 0.2) is 66.7 Å². The molecule has 3 aromatic carbocycles. The average Bonchev–Trinajstić information content (AvgIpc) is 3.28. The molecular weight excluding hydrogens is 516 g/mol. The Labute approximate surface area is 222 Å². The molecule has 1 heterocycles. The van der Waals surface area contributed by atoms with Crippen molar-refractivity contribution in [3.8, 4) is 0 Å². The Balaban J connectivity index is 1.50. The second kappa shape index (κ2) is 11.5. The second-order valence-corrected chi connectivity index (χ2v) is 9.67. The van der Waals surface area contributed by atoms with E-state index in [2.05, 4.69) is 5.32 Å². The van der Waals surface area contributed by atoms with Crippen LogP contribution in [-0.4, -0.2) is 48.6 Å². The minimum absolute atomic E-state index is 0.0404. The zero-order valence-corrected chi connectivity index (χ0v) is 21.6. The van der Waals surface area contributed by atoms with Gasteiger partial charge in [-0.1, -0.05) is 35.9 Å². The smallest absolute Gasteiger partial charge is 0.337 e. The maximum absolute atomic E-state index is 12.9. The van der Waals surface area contributed by atoms with Gasteiger partial charge in [-0.15, -0.1) is 11.8 Å². The highest BCUT2D eigenvalue weighted by atomic mass is 35.5. The molecule has 0 aromatic heterocycles. The molecule has 2 amide bonds. The molecule has 3 aromatic rings. The number of benzene rings is 3. The molecular formula is C27H23ClN2O6S. The highest BCUT2D eigenvalue weighted by molar-refractivity contribution is 8.00. The van der Waals surface area contributed by atoms with Crippen LogP contribution in [0.2, 0.25) is 5.02 Å². The molecule has 1 fully saturated rings. The van der Waals surface area contributed by atoms with Gasteiger partial charge in [-0.3, -0.25) is 9.59 Å². The van der Waals surface area contributed by atoms with Gasteiger partial charge < -0.3 is 19.7 Å². The van der Waals surface area contributed by atoms with Gasteiger partial charge in [-0.05, 0) is 53.6 Å². The highest BCUT2D eigenvalue weighted by Gasteiger charge is 2.32. The van der Waals surface area contributed by atoms with E-state index in [1.165, 1.54) is 44.2 Å². The van der Waals surface area contributed by atoms with Crippen LogP contribution in [0.1, 0.15) is 47.6 Å². The summed E-state index contributed by atoms with van der Waals surface area (Å²) in [6, 6.07) is 18.5. The third-order valence-electron chi connectivity index (χ3n) is 5.73. The van der Waals surface area contributed by atoms with Crippen molar-refractivity contribution in [1.29, 1.82) is 0 Å². The van der Waals surface area contributed by atoms with E-state index < -0.39 is 17.8 Å². The minimum Gasteiger partial charge on any atom is -0.465 e. The van der Waals surface area contributed by atoms with Crippen molar-refractivity contribution in [3.05, 3.63) is 99.6 Å². The molecule has 190 valence electrons. The van der Waals surface area contributed by atoms with E-state index in [1.54, 1.807) is 29.2 Å². The summed E-state index contributed by atoms with van der Waals surface area (Å²) in [5.41, 5.74) is 2.66. The van der Waals surface area contributed by atoms with Gasteiger partial charge in [-0.2, -0.15) is 0 Å². The van der Waals surface area contributed by atoms with E-state index in [9.17, 15) is 19.2 Å². The van der Waals surface area contributed by atoms with Crippen LogP contribution >= 0.6 is 23.4 Å². The Hall–Kier alpha value is -3.82. The van der Waals surface area contributed by atoms with E-state index in [0.29, 0.717) is 22.9 Å². The molecule has 0 radical (unpaired) electrons. The van der Waals surface area contributed by atoms with Gasteiger partial charge in [0.1, 0.15) is 5.37 Å². The predicted molar refractivity (Wildman–Crippen MR) is 141 cm³/mol. The van der Waals surface area contributed by atoms with Crippen LogP contribution in [0.3, 0.4) is 0 Å². The lowest BCUT2D eigenvalue weighted by atomic mass is 10.1. The molecule has 0 spiro atoms. The summed E-state index contributed by atoms with van der Waals surface area (Å²) >= 11 is 7.50.